The first-order valence-corrected chi connectivity index (χ1v) is 8.25. The van der Waals surface area contributed by atoms with E-state index in [0.29, 0.717) is 5.92 Å². The van der Waals surface area contributed by atoms with Gasteiger partial charge in [0.05, 0.1) is 0 Å². The molecule has 2 aliphatic rings. The lowest BCUT2D eigenvalue weighted by atomic mass is 10.1. The Labute approximate surface area is 139 Å². The van der Waals surface area contributed by atoms with E-state index in [0.717, 1.165) is 33.5 Å². The van der Waals surface area contributed by atoms with Gasteiger partial charge in [-0.2, -0.15) is 5.10 Å². The minimum absolute atomic E-state index is 0.0582. The molecular formula is C18H15ClN4. The third-order valence-electron chi connectivity index (χ3n) is 4.48. The molecule has 1 atom stereocenters. The van der Waals surface area contributed by atoms with Gasteiger partial charge >= 0.3 is 0 Å². The molecule has 3 aromatic rings. The van der Waals surface area contributed by atoms with Crippen LogP contribution in [0.15, 0.2) is 48.5 Å². The number of hydrogen-bond acceptors (Lipinski definition) is 3. The van der Waals surface area contributed by atoms with Gasteiger partial charge in [-0.1, -0.05) is 35.9 Å². The molecule has 4 nitrogen and oxygen atoms in total. The van der Waals surface area contributed by atoms with E-state index >= 15 is 0 Å². The summed E-state index contributed by atoms with van der Waals surface area (Å²) >= 11 is 6.03. The molecule has 1 saturated carbocycles. The van der Waals surface area contributed by atoms with Crippen molar-refractivity contribution in [3.63, 3.8) is 0 Å². The van der Waals surface area contributed by atoms with E-state index < -0.39 is 0 Å². The molecule has 1 fully saturated rings. The minimum Gasteiger partial charge on any atom is -0.359 e. The van der Waals surface area contributed by atoms with E-state index in [-0.39, 0.29) is 6.17 Å². The molecule has 1 aliphatic heterocycles. The van der Waals surface area contributed by atoms with Crippen LogP contribution in [0.2, 0.25) is 5.02 Å². The number of fused-ring (bicyclic) bond motifs is 3. The number of nitrogens with one attached hydrogen (secondary N) is 1. The van der Waals surface area contributed by atoms with Crippen molar-refractivity contribution in [3.05, 3.63) is 64.9 Å². The van der Waals surface area contributed by atoms with Crippen molar-refractivity contribution in [3.8, 4) is 11.4 Å². The number of nitrogens with zero attached hydrogens (tertiary/aromatic N) is 3. The molecule has 0 bridgehead atoms. The number of benzene rings is 2. The molecule has 5 rings (SSSR count). The van der Waals surface area contributed by atoms with Crippen LogP contribution in [0.4, 0.5) is 5.69 Å². The van der Waals surface area contributed by atoms with Crippen LogP contribution in [0.25, 0.3) is 11.4 Å². The summed E-state index contributed by atoms with van der Waals surface area (Å²) in [7, 11) is 0. The van der Waals surface area contributed by atoms with Gasteiger partial charge in [0.15, 0.2) is 11.6 Å². The maximum atomic E-state index is 6.03. The Kier molecular flexibility index (Phi) is 2.76. The van der Waals surface area contributed by atoms with E-state index in [1.54, 1.807) is 0 Å². The van der Waals surface area contributed by atoms with Crippen molar-refractivity contribution in [1.29, 1.82) is 0 Å². The van der Waals surface area contributed by atoms with E-state index in [4.69, 9.17) is 21.7 Å². The van der Waals surface area contributed by atoms with Crippen LogP contribution in [-0.2, 0) is 0 Å². The number of aromatic nitrogens is 3. The summed E-state index contributed by atoms with van der Waals surface area (Å²) < 4.78 is 2.01. The first-order valence-electron chi connectivity index (χ1n) is 7.87. The molecule has 23 heavy (non-hydrogen) atoms. The molecule has 2 aromatic carbocycles. The maximum Gasteiger partial charge on any atom is 0.163 e. The quantitative estimate of drug-likeness (QED) is 0.758. The van der Waals surface area contributed by atoms with E-state index in [2.05, 4.69) is 17.4 Å². The fourth-order valence-corrected chi connectivity index (χ4v) is 3.23. The van der Waals surface area contributed by atoms with Crippen LogP contribution < -0.4 is 5.32 Å². The van der Waals surface area contributed by atoms with E-state index in [9.17, 15) is 0 Å². The highest BCUT2D eigenvalue weighted by atomic mass is 35.5. The van der Waals surface area contributed by atoms with Gasteiger partial charge in [0.1, 0.15) is 6.17 Å². The van der Waals surface area contributed by atoms with Crippen molar-refractivity contribution >= 4 is 17.3 Å². The number of halogens is 1. The lowest BCUT2D eigenvalue weighted by Gasteiger charge is -2.28. The Morgan fingerprint density at radius 2 is 1.83 bits per heavy atom. The average molecular weight is 323 g/mol. The highest BCUT2D eigenvalue weighted by Crippen LogP contribution is 2.42. The second kappa shape index (κ2) is 4.83. The zero-order chi connectivity index (χ0) is 15.4. The molecule has 114 valence electrons. The van der Waals surface area contributed by atoms with Gasteiger partial charge in [0, 0.05) is 22.2 Å². The summed E-state index contributed by atoms with van der Waals surface area (Å²) in [6.45, 7) is 0. The highest BCUT2D eigenvalue weighted by Gasteiger charge is 2.33. The van der Waals surface area contributed by atoms with Gasteiger partial charge in [0.2, 0.25) is 0 Å². The van der Waals surface area contributed by atoms with E-state index in [1.165, 1.54) is 12.8 Å². The minimum atomic E-state index is -0.0582. The number of rotatable bonds is 2. The van der Waals surface area contributed by atoms with Crippen molar-refractivity contribution in [2.24, 2.45) is 0 Å². The average Bonchev–Trinajstić information content (AvgIpc) is 3.33. The van der Waals surface area contributed by atoms with Crippen LogP contribution in [-0.4, -0.2) is 14.8 Å². The predicted molar refractivity (Wildman–Crippen MR) is 90.6 cm³/mol. The summed E-state index contributed by atoms with van der Waals surface area (Å²) in [6.07, 6.45) is 2.34. The van der Waals surface area contributed by atoms with E-state index in [1.807, 2.05) is 41.1 Å². The van der Waals surface area contributed by atoms with Crippen molar-refractivity contribution in [1.82, 2.24) is 14.8 Å². The van der Waals surface area contributed by atoms with Gasteiger partial charge in [-0.3, -0.25) is 0 Å². The normalized spacial score (nSPS) is 18.9. The van der Waals surface area contributed by atoms with Crippen LogP contribution >= 0.6 is 11.6 Å². The Balaban J connectivity index is 1.68. The summed E-state index contributed by atoms with van der Waals surface area (Å²) in [6, 6.07) is 16.2. The van der Waals surface area contributed by atoms with Crippen LogP contribution in [0.1, 0.15) is 36.3 Å². The summed E-state index contributed by atoms with van der Waals surface area (Å²) in [4.78, 5) is 4.83. The van der Waals surface area contributed by atoms with Gasteiger partial charge in [0.25, 0.3) is 0 Å². The smallest absolute Gasteiger partial charge is 0.163 e. The van der Waals surface area contributed by atoms with Gasteiger partial charge in [-0.25, -0.2) is 9.67 Å². The largest absolute Gasteiger partial charge is 0.359 e. The molecule has 1 aromatic heterocycles. The molecule has 0 radical (unpaired) electrons. The second-order valence-corrected chi connectivity index (χ2v) is 6.59. The van der Waals surface area contributed by atoms with Gasteiger partial charge < -0.3 is 5.32 Å². The first kappa shape index (κ1) is 13.1. The molecule has 5 heteroatoms. The second-order valence-electron chi connectivity index (χ2n) is 6.16. The van der Waals surface area contributed by atoms with Crippen LogP contribution in [0.5, 0.6) is 0 Å². The fraction of sp³-hybridized carbons (Fsp3) is 0.222. The summed E-state index contributed by atoms with van der Waals surface area (Å²) in [5.74, 6) is 2.45. The molecule has 0 spiro atoms. The van der Waals surface area contributed by atoms with Gasteiger partial charge in [-0.05, 0) is 42.7 Å². The van der Waals surface area contributed by atoms with Crippen LogP contribution in [0.3, 0.4) is 0 Å². The van der Waals surface area contributed by atoms with Crippen molar-refractivity contribution in [2.75, 3.05) is 5.32 Å². The predicted octanol–water partition coefficient (Wildman–Crippen LogP) is 4.45. The maximum absolute atomic E-state index is 6.03. The molecular weight excluding hydrogens is 308 g/mol. The lowest BCUT2D eigenvalue weighted by molar-refractivity contribution is 0.567. The number of para-hydroxylation sites is 1. The molecule has 1 aliphatic carbocycles. The Hall–Kier alpha value is -2.33. The summed E-state index contributed by atoms with van der Waals surface area (Å²) in [5, 5.41) is 9.12. The van der Waals surface area contributed by atoms with Gasteiger partial charge in [-0.15, -0.1) is 0 Å². The Bertz CT molecular complexity index is 880. The molecule has 0 saturated heterocycles. The Morgan fingerprint density at radius 1 is 1.04 bits per heavy atom. The van der Waals surface area contributed by atoms with Crippen LogP contribution in [0, 0.1) is 0 Å². The molecule has 0 unspecified atom stereocenters. The Morgan fingerprint density at radius 3 is 2.61 bits per heavy atom. The summed E-state index contributed by atoms with van der Waals surface area (Å²) in [5.41, 5.74) is 3.32. The lowest BCUT2D eigenvalue weighted by Crippen LogP contribution is -2.25. The zero-order valence-electron chi connectivity index (χ0n) is 12.4. The topological polar surface area (TPSA) is 42.7 Å². The molecule has 2 heterocycles. The standard InChI is InChI=1S/C18H15ClN4/c19-13-9-7-12(8-10-13)17-20-15-4-2-1-3-14(15)18-21-16(11-5-6-11)22-23(17)18/h1-4,7-11,17,20H,5-6H2/t17-/m0/s1. The first-order chi connectivity index (χ1) is 11.3. The highest BCUT2D eigenvalue weighted by molar-refractivity contribution is 6.30. The molecule has 1 N–H and O–H groups in total. The third kappa shape index (κ3) is 2.13. The number of anilines is 1. The SMILES string of the molecule is Clc1ccc([C@H]2Nc3ccccc3-c3nc(C4CC4)nn32)cc1. The monoisotopic (exact) mass is 322 g/mol. The van der Waals surface area contributed by atoms with Crippen molar-refractivity contribution in [2.45, 2.75) is 24.9 Å². The zero-order valence-corrected chi connectivity index (χ0v) is 13.2. The molecule has 0 amide bonds. The van der Waals surface area contributed by atoms with Crippen molar-refractivity contribution < 1.29 is 0 Å². The fourth-order valence-electron chi connectivity index (χ4n) is 3.10. The number of hydrogen-bond donors (Lipinski definition) is 1. The third-order valence-corrected chi connectivity index (χ3v) is 4.73.